The summed E-state index contributed by atoms with van der Waals surface area (Å²) < 4.78 is 33.2. The molecule has 1 N–H and O–H groups in total. The van der Waals surface area contributed by atoms with Crippen LogP contribution in [0.25, 0.3) is 0 Å². The van der Waals surface area contributed by atoms with E-state index in [1.165, 1.54) is 70.6 Å². The number of rotatable bonds is 16. The van der Waals surface area contributed by atoms with Gasteiger partial charge in [0.15, 0.2) is 0 Å². The van der Waals surface area contributed by atoms with E-state index in [0.29, 0.717) is 6.42 Å². The van der Waals surface area contributed by atoms with Crippen LogP contribution in [0.1, 0.15) is 96.8 Å². The van der Waals surface area contributed by atoms with Crippen LogP contribution in [-0.2, 0) is 14.6 Å². The summed E-state index contributed by atoms with van der Waals surface area (Å²) in [6, 6.07) is 0. The zero-order valence-corrected chi connectivity index (χ0v) is 14.5. The molecule has 0 aliphatic carbocycles. The van der Waals surface area contributed by atoms with E-state index in [4.69, 9.17) is 4.55 Å². The van der Waals surface area contributed by atoms with Gasteiger partial charge in [0.05, 0.1) is 6.61 Å². The second kappa shape index (κ2) is 22.5. The maximum absolute atomic E-state index is 10.3. The monoisotopic (exact) mass is 386 g/mol. The fourth-order valence-corrected chi connectivity index (χ4v) is 2.79. The van der Waals surface area contributed by atoms with Crippen LogP contribution < -0.4 is 0 Å². The van der Waals surface area contributed by atoms with E-state index in [2.05, 4.69) is 11.1 Å². The van der Waals surface area contributed by atoms with E-state index in [0.717, 1.165) is 12.8 Å². The Morgan fingerprint density at radius 2 is 1.00 bits per heavy atom. The van der Waals surface area contributed by atoms with Crippen molar-refractivity contribution in [3.63, 3.8) is 0 Å². The zero-order chi connectivity index (χ0) is 15.8. The molecule has 0 aliphatic rings. The molecule has 7 heteroatoms. The van der Waals surface area contributed by atoms with Crippen LogP contribution in [0, 0.1) is 0 Å². The molecule has 0 bridgehead atoms. The van der Waals surface area contributed by atoms with Crippen molar-refractivity contribution in [2.24, 2.45) is 0 Å². The number of hydrogen-bond acceptors (Lipinski definition) is 3. The average molecular weight is 387 g/mol. The second-order valence-electron chi connectivity index (χ2n) is 5.85. The van der Waals surface area contributed by atoms with Crippen molar-refractivity contribution in [2.75, 3.05) is 6.61 Å². The van der Waals surface area contributed by atoms with Crippen molar-refractivity contribution in [1.82, 2.24) is 0 Å². The Kier molecular flexibility index (Phi) is 29.6. The van der Waals surface area contributed by atoms with Crippen molar-refractivity contribution in [2.45, 2.75) is 96.8 Å². The number of hydrogen-bond donors (Lipinski definition) is 1. The van der Waals surface area contributed by atoms with Crippen LogP contribution >= 0.6 is 0 Å². The van der Waals surface area contributed by atoms with Crippen LogP contribution in [0.3, 0.4) is 0 Å². The van der Waals surface area contributed by atoms with Gasteiger partial charge in [-0.15, -0.1) is 0 Å². The quantitative estimate of drug-likeness (QED) is 0.247. The third-order valence-corrected chi connectivity index (χ3v) is 4.19. The molecule has 23 heavy (non-hydrogen) atoms. The van der Waals surface area contributed by atoms with Crippen LogP contribution in [0.5, 0.6) is 0 Å². The summed E-state index contributed by atoms with van der Waals surface area (Å²) >= 11 is 0. The summed E-state index contributed by atoms with van der Waals surface area (Å²) in [6.07, 6.45) is 17.6. The molecule has 0 rings (SSSR count). The van der Waals surface area contributed by atoms with E-state index < -0.39 is 10.4 Å². The molecule has 132 valence electrons. The summed E-state index contributed by atoms with van der Waals surface area (Å²) in [5.41, 5.74) is 0. The summed E-state index contributed by atoms with van der Waals surface area (Å²) in [5, 5.41) is 0. The Hall–Kier alpha value is 2.51. The SMILES string of the molecule is CCCCCCCCCCCCCCCCOS(=O)(=O)O.[KH].[NaH]. The Balaban J connectivity index is -0.00000200. The molecular formula is C16H36KNaO4S. The molecule has 0 aliphatic heterocycles. The Morgan fingerprint density at radius 3 is 1.30 bits per heavy atom. The molecule has 0 fully saturated rings. The van der Waals surface area contributed by atoms with E-state index >= 15 is 0 Å². The van der Waals surface area contributed by atoms with Gasteiger partial charge >= 0.3 is 91.3 Å². The topological polar surface area (TPSA) is 63.6 Å². The molecule has 4 nitrogen and oxygen atoms in total. The van der Waals surface area contributed by atoms with Crippen LogP contribution in [0.2, 0.25) is 0 Å². The van der Waals surface area contributed by atoms with Gasteiger partial charge in [0.2, 0.25) is 0 Å². The van der Waals surface area contributed by atoms with Crippen LogP contribution in [0.4, 0.5) is 0 Å². The van der Waals surface area contributed by atoms with Crippen LogP contribution in [-0.4, -0.2) is 101 Å². The van der Waals surface area contributed by atoms with E-state index in [1.807, 2.05) is 0 Å². The van der Waals surface area contributed by atoms with E-state index in [-0.39, 0.29) is 87.5 Å². The van der Waals surface area contributed by atoms with Crippen LogP contribution in [0.15, 0.2) is 0 Å². The summed E-state index contributed by atoms with van der Waals surface area (Å²) in [5.74, 6) is 0. The van der Waals surface area contributed by atoms with Gasteiger partial charge in [-0.3, -0.25) is 4.55 Å². The third kappa shape index (κ3) is 29.5. The normalized spacial score (nSPS) is 10.9. The van der Waals surface area contributed by atoms with Crippen molar-refractivity contribution < 1.29 is 17.2 Å². The van der Waals surface area contributed by atoms with E-state index in [9.17, 15) is 8.42 Å². The molecule has 0 saturated heterocycles. The molecule has 0 atom stereocenters. The first-order chi connectivity index (χ1) is 10.1. The second-order valence-corrected chi connectivity index (χ2v) is 6.94. The molecule has 0 aromatic rings. The minimum absolute atomic E-state index is 0. The summed E-state index contributed by atoms with van der Waals surface area (Å²) in [6.45, 7) is 2.35. The van der Waals surface area contributed by atoms with Gasteiger partial charge in [0, 0.05) is 0 Å². The first kappa shape index (κ1) is 30.2. The molecule has 0 saturated carbocycles. The molecule has 0 unspecified atom stereocenters. The van der Waals surface area contributed by atoms with Gasteiger partial charge < -0.3 is 0 Å². The van der Waals surface area contributed by atoms with Gasteiger partial charge in [0.25, 0.3) is 0 Å². The Morgan fingerprint density at radius 1 is 0.696 bits per heavy atom. The van der Waals surface area contributed by atoms with Gasteiger partial charge in [-0.25, -0.2) is 4.18 Å². The van der Waals surface area contributed by atoms with Gasteiger partial charge in [-0.1, -0.05) is 90.4 Å². The summed E-state index contributed by atoms with van der Waals surface area (Å²) in [7, 11) is -4.24. The maximum atomic E-state index is 10.3. The molecule has 0 spiro atoms. The fraction of sp³-hybridized carbons (Fsp3) is 1.00. The first-order valence-corrected chi connectivity index (χ1v) is 10.0. The van der Waals surface area contributed by atoms with Gasteiger partial charge in [-0.2, -0.15) is 8.42 Å². The van der Waals surface area contributed by atoms with Crippen molar-refractivity contribution in [3.05, 3.63) is 0 Å². The minimum atomic E-state index is -4.24. The molecular weight excluding hydrogens is 350 g/mol. The van der Waals surface area contributed by atoms with E-state index in [1.54, 1.807) is 0 Å². The van der Waals surface area contributed by atoms with Gasteiger partial charge in [0.1, 0.15) is 0 Å². The molecule has 0 aromatic heterocycles. The van der Waals surface area contributed by atoms with Gasteiger partial charge in [-0.05, 0) is 6.42 Å². The predicted molar refractivity (Wildman–Crippen MR) is 102 cm³/mol. The average Bonchev–Trinajstić information content (AvgIpc) is 2.42. The molecule has 0 radical (unpaired) electrons. The Bertz CT molecular complexity index is 313. The van der Waals surface area contributed by atoms with Crippen molar-refractivity contribution >= 4 is 91.3 Å². The molecule has 0 heterocycles. The van der Waals surface area contributed by atoms with Crippen molar-refractivity contribution in [1.29, 1.82) is 0 Å². The third-order valence-electron chi connectivity index (χ3n) is 3.73. The molecule has 0 amide bonds. The Labute approximate surface area is 209 Å². The zero-order valence-electron chi connectivity index (χ0n) is 13.7. The summed E-state index contributed by atoms with van der Waals surface area (Å²) in [4.78, 5) is 0. The number of unbranched alkanes of at least 4 members (excludes halogenated alkanes) is 13. The predicted octanol–water partition coefficient (Wildman–Crippen LogP) is 3.99. The molecule has 0 aromatic carbocycles. The standard InChI is InChI=1S/C16H34O4S.K.Na.2H/c1-2-3-4-5-6-7-8-9-10-11-12-13-14-15-16-20-21(17,18)19;;;;/h2-16H2,1H3,(H,17,18,19);;;;. The first-order valence-electron chi connectivity index (χ1n) is 8.68. The van der Waals surface area contributed by atoms with Crippen molar-refractivity contribution in [3.8, 4) is 0 Å². The fourth-order valence-electron chi connectivity index (χ4n) is 2.46.